The Morgan fingerprint density at radius 1 is 1.12 bits per heavy atom. The molecule has 1 aromatic rings. The molecular weight excluding hydrogens is 542 g/mol. The number of carbonyl (C=O) groups excluding carboxylic acids is 3. The number of amides is 1. The summed E-state index contributed by atoms with van der Waals surface area (Å²) in [6.45, 7) is 8.30. The highest BCUT2D eigenvalue weighted by atomic mass is 16.5. The molecule has 3 unspecified atom stereocenters. The molecule has 6 rings (SSSR count). The Bertz CT molecular complexity index is 1390. The number of nitrogens with one attached hydrogen (secondary N) is 1. The molecule has 8 heteroatoms. The third-order valence-electron chi connectivity index (χ3n) is 10.0. The van der Waals surface area contributed by atoms with E-state index in [1.54, 1.807) is 12.1 Å². The number of nitrogens with two attached hydrogens (primary N) is 1. The van der Waals surface area contributed by atoms with Gasteiger partial charge in [0.05, 0.1) is 6.54 Å². The van der Waals surface area contributed by atoms with E-state index in [4.69, 9.17) is 10.5 Å². The molecule has 0 aromatic heterocycles. The number of benzene rings is 1. The number of Topliss-reactive ketones (excluding diaryl/α,β-unsaturated/α-hetero) is 1. The third kappa shape index (κ3) is 6.09. The first-order valence-corrected chi connectivity index (χ1v) is 15.9. The standard InChI is InChI=1S/C33H40N2O5.C2H7N/c1-17-8-10-35(11-9-17)15-27(38)23-6-7-26(37)19(3)24(23)14-21-13-22-12-18(2)28(33(34)39)30-29(22)32(25(21)16-36)40-31(30)20-4-5-20;1-3-2/h6-7,16-17,20-22,29,37H,4-5,8-15H2,1-3H3,(H2,34,39);3H,1-2H3. The number of rotatable bonds is 8. The molecule has 1 saturated carbocycles. The number of aromatic hydroxyl groups is 1. The number of ketones is 1. The lowest BCUT2D eigenvalue weighted by Crippen LogP contribution is -2.37. The Labute approximate surface area is 255 Å². The van der Waals surface area contributed by atoms with Crippen LogP contribution < -0.4 is 11.1 Å². The summed E-state index contributed by atoms with van der Waals surface area (Å²) in [6, 6.07) is 3.36. The van der Waals surface area contributed by atoms with Gasteiger partial charge in [-0.2, -0.15) is 0 Å². The van der Waals surface area contributed by atoms with Crippen molar-refractivity contribution in [2.24, 2.45) is 35.3 Å². The predicted octanol–water partition coefficient (Wildman–Crippen LogP) is 4.60. The van der Waals surface area contributed by atoms with Crippen molar-refractivity contribution in [2.45, 2.75) is 65.7 Å². The van der Waals surface area contributed by atoms with Gasteiger partial charge in [0.1, 0.15) is 23.6 Å². The van der Waals surface area contributed by atoms with Crippen LogP contribution in [0.15, 0.2) is 45.9 Å². The largest absolute Gasteiger partial charge is 0.508 e. The summed E-state index contributed by atoms with van der Waals surface area (Å²) >= 11 is 0. The van der Waals surface area contributed by atoms with E-state index >= 15 is 0 Å². The van der Waals surface area contributed by atoms with E-state index in [0.717, 1.165) is 80.4 Å². The van der Waals surface area contributed by atoms with Gasteiger partial charge >= 0.3 is 0 Å². The average molecular weight is 590 g/mol. The molecule has 0 radical (unpaired) electrons. The van der Waals surface area contributed by atoms with Gasteiger partial charge in [0.15, 0.2) is 5.78 Å². The Hall–Kier alpha value is -3.23. The Morgan fingerprint density at radius 2 is 1.79 bits per heavy atom. The first-order valence-electron chi connectivity index (χ1n) is 15.9. The number of hydrogen-bond acceptors (Lipinski definition) is 7. The maximum atomic E-state index is 13.6. The van der Waals surface area contributed by atoms with Crippen LogP contribution in [0.25, 0.3) is 0 Å². The SMILES string of the molecule is CC1=C(C(N)=O)C2=C(C3CC3)OC3=C(C=O)C(Cc4c(C(=O)CN5CCC(C)CC5)ccc(O)c4C)CC(C1)C32.CNC. The lowest BCUT2D eigenvalue weighted by molar-refractivity contribution is -0.114. The smallest absolute Gasteiger partial charge is 0.249 e. The second-order valence-corrected chi connectivity index (χ2v) is 13.3. The number of piperidine rings is 1. The minimum atomic E-state index is -0.426. The molecule has 3 atom stereocenters. The summed E-state index contributed by atoms with van der Waals surface area (Å²) in [7, 11) is 3.75. The third-order valence-corrected chi connectivity index (χ3v) is 10.0. The number of phenols is 1. The molecule has 3 aliphatic carbocycles. The lowest BCUT2D eigenvalue weighted by atomic mass is 9.63. The van der Waals surface area contributed by atoms with E-state index in [2.05, 4.69) is 17.1 Å². The summed E-state index contributed by atoms with van der Waals surface area (Å²) in [4.78, 5) is 41.0. The number of hydrogen-bond donors (Lipinski definition) is 3. The number of aldehydes is 1. The number of nitrogens with zero attached hydrogens (tertiary/aromatic N) is 1. The van der Waals surface area contributed by atoms with Crippen LogP contribution in [0.2, 0.25) is 0 Å². The van der Waals surface area contributed by atoms with Gasteiger partial charge < -0.3 is 20.9 Å². The van der Waals surface area contributed by atoms with Gasteiger partial charge in [-0.1, -0.05) is 12.5 Å². The minimum absolute atomic E-state index is 0.0567. The fourth-order valence-corrected chi connectivity index (χ4v) is 7.61. The molecule has 4 N–H and O–H groups in total. The van der Waals surface area contributed by atoms with Gasteiger partial charge in [0.25, 0.3) is 0 Å². The molecule has 232 valence electrons. The monoisotopic (exact) mass is 589 g/mol. The fourth-order valence-electron chi connectivity index (χ4n) is 7.61. The maximum Gasteiger partial charge on any atom is 0.249 e. The Kier molecular flexibility index (Phi) is 9.28. The molecule has 2 aliphatic heterocycles. The van der Waals surface area contributed by atoms with Crippen LogP contribution >= 0.6 is 0 Å². The molecule has 2 heterocycles. The highest BCUT2D eigenvalue weighted by molar-refractivity contribution is 6.00. The summed E-state index contributed by atoms with van der Waals surface area (Å²) in [6.07, 6.45) is 7.06. The van der Waals surface area contributed by atoms with Gasteiger partial charge in [-0.05, 0) is 127 Å². The van der Waals surface area contributed by atoms with Crippen molar-refractivity contribution in [3.8, 4) is 5.75 Å². The van der Waals surface area contributed by atoms with Crippen molar-refractivity contribution in [1.82, 2.24) is 10.2 Å². The quantitative estimate of drug-likeness (QED) is 0.299. The average Bonchev–Trinajstić information content (AvgIpc) is 3.73. The number of ether oxygens (including phenoxy) is 1. The number of primary amides is 1. The van der Waals surface area contributed by atoms with Crippen LogP contribution in [0, 0.1) is 36.5 Å². The normalized spacial score (nSPS) is 25.7. The lowest BCUT2D eigenvalue weighted by Gasteiger charge is -2.39. The van der Waals surface area contributed by atoms with Crippen molar-refractivity contribution in [2.75, 3.05) is 33.7 Å². The van der Waals surface area contributed by atoms with Crippen molar-refractivity contribution in [3.63, 3.8) is 0 Å². The second kappa shape index (κ2) is 12.8. The Morgan fingerprint density at radius 3 is 2.40 bits per heavy atom. The summed E-state index contributed by atoms with van der Waals surface area (Å²) < 4.78 is 6.51. The number of carbonyl (C=O) groups is 3. The van der Waals surface area contributed by atoms with Gasteiger partial charge in [-0.25, -0.2) is 0 Å². The minimum Gasteiger partial charge on any atom is -0.508 e. The molecular formula is C35H47N3O5. The summed E-state index contributed by atoms with van der Waals surface area (Å²) in [5.74, 6) is 2.17. The van der Waals surface area contributed by atoms with E-state index in [1.807, 2.05) is 27.9 Å². The first-order chi connectivity index (χ1) is 20.6. The maximum absolute atomic E-state index is 13.6. The second-order valence-electron chi connectivity index (χ2n) is 13.3. The molecule has 0 spiro atoms. The molecule has 8 nitrogen and oxygen atoms in total. The van der Waals surface area contributed by atoms with Crippen LogP contribution in [0.4, 0.5) is 0 Å². The highest BCUT2D eigenvalue weighted by Crippen LogP contribution is 2.59. The molecule has 0 bridgehead atoms. The van der Waals surface area contributed by atoms with Gasteiger partial charge in [-0.15, -0.1) is 0 Å². The van der Waals surface area contributed by atoms with E-state index in [-0.39, 0.29) is 35.2 Å². The van der Waals surface area contributed by atoms with Crippen LogP contribution in [-0.2, 0) is 20.7 Å². The first kappa shape index (κ1) is 31.2. The fraction of sp³-hybridized carbons (Fsp3) is 0.571. The molecule has 43 heavy (non-hydrogen) atoms. The molecule has 1 aromatic carbocycles. The molecule has 1 amide bonds. The molecule has 2 fully saturated rings. The van der Waals surface area contributed by atoms with Gasteiger partial charge in [-0.3, -0.25) is 19.3 Å². The van der Waals surface area contributed by atoms with Crippen molar-refractivity contribution < 1.29 is 24.2 Å². The predicted molar refractivity (Wildman–Crippen MR) is 166 cm³/mol. The number of likely N-dealkylation sites (tertiary alicyclic amines) is 1. The van der Waals surface area contributed by atoms with Crippen molar-refractivity contribution in [1.29, 1.82) is 0 Å². The van der Waals surface area contributed by atoms with Crippen molar-refractivity contribution >= 4 is 18.0 Å². The zero-order valence-corrected chi connectivity index (χ0v) is 26.3. The van der Waals surface area contributed by atoms with E-state index in [9.17, 15) is 19.5 Å². The zero-order valence-electron chi connectivity index (χ0n) is 26.3. The zero-order chi connectivity index (χ0) is 31.0. The molecule has 1 saturated heterocycles. The highest BCUT2D eigenvalue weighted by Gasteiger charge is 2.52. The van der Waals surface area contributed by atoms with Crippen molar-refractivity contribution in [3.05, 3.63) is 62.6 Å². The molecule has 5 aliphatic rings. The summed E-state index contributed by atoms with van der Waals surface area (Å²) in [5, 5.41) is 13.4. The van der Waals surface area contributed by atoms with E-state index in [0.29, 0.717) is 46.9 Å². The van der Waals surface area contributed by atoms with Crippen LogP contribution in [-0.4, -0.2) is 61.7 Å². The van der Waals surface area contributed by atoms with Crippen LogP contribution in [0.3, 0.4) is 0 Å². The van der Waals surface area contributed by atoms with E-state index in [1.165, 1.54) is 0 Å². The number of allylic oxidation sites excluding steroid dienone is 4. The van der Waals surface area contributed by atoms with Gasteiger partial charge in [0.2, 0.25) is 5.91 Å². The van der Waals surface area contributed by atoms with Crippen LogP contribution in [0.5, 0.6) is 5.75 Å². The van der Waals surface area contributed by atoms with Crippen LogP contribution in [0.1, 0.15) is 73.9 Å². The number of phenolic OH excluding ortho intramolecular Hbond substituents is 1. The Balaban J connectivity index is 0.00000118. The van der Waals surface area contributed by atoms with E-state index < -0.39 is 5.91 Å². The van der Waals surface area contributed by atoms with Gasteiger partial charge in [0, 0.05) is 34.1 Å². The summed E-state index contributed by atoms with van der Waals surface area (Å²) in [5.41, 5.74) is 11.1. The topological polar surface area (TPSA) is 122 Å².